The van der Waals surface area contributed by atoms with Crippen LogP contribution in [0.1, 0.15) is 15.9 Å². The van der Waals surface area contributed by atoms with E-state index in [4.69, 9.17) is 16.7 Å². The van der Waals surface area contributed by atoms with Crippen LogP contribution in [-0.4, -0.2) is 23.1 Å². The van der Waals surface area contributed by atoms with Gasteiger partial charge in [0, 0.05) is 17.0 Å². The number of ether oxygens (including phenoxy) is 1. The first-order valence-electron chi connectivity index (χ1n) is 4.40. The predicted molar refractivity (Wildman–Crippen MR) is 52.0 cm³/mol. The zero-order chi connectivity index (χ0) is 11.9. The molecule has 2 rings (SSSR count). The maximum Gasteiger partial charge on any atom is 0.345 e. The van der Waals surface area contributed by atoms with Crippen molar-refractivity contribution in [1.82, 2.24) is 0 Å². The van der Waals surface area contributed by atoms with E-state index in [0.717, 1.165) is 6.07 Å². The van der Waals surface area contributed by atoms with Crippen molar-refractivity contribution < 1.29 is 23.8 Å². The molecular formula is C10H6ClFO4. The van der Waals surface area contributed by atoms with E-state index in [1.54, 1.807) is 0 Å². The molecule has 0 saturated carbocycles. The molecule has 4 nitrogen and oxygen atoms in total. The first-order chi connectivity index (χ1) is 7.49. The average molecular weight is 245 g/mol. The topological polar surface area (TPSA) is 63.6 Å². The molecule has 0 aromatic heterocycles. The van der Waals surface area contributed by atoms with Gasteiger partial charge < -0.3 is 9.84 Å². The van der Waals surface area contributed by atoms with E-state index < -0.39 is 23.9 Å². The van der Waals surface area contributed by atoms with Gasteiger partial charge >= 0.3 is 11.9 Å². The number of aliphatic carboxylic acids is 1. The summed E-state index contributed by atoms with van der Waals surface area (Å²) >= 11 is 5.58. The summed E-state index contributed by atoms with van der Waals surface area (Å²) in [5.74, 6) is -2.85. The molecule has 1 atom stereocenters. The van der Waals surface area contributed by atoms with Crippen molar-refractivity contribution in [3.8, 4) is 0 Å². The molecule has 0 amide bonds. The number of carboxylic acids is 1. The minimum Gasteiger partial charge on any atom is -0.478 e. The van der Waals surface area contributed by atoms with Crippen molar-refractivity contribution in [2.75, 3.05) is 0 Å². The molecule has 0 spiro atoms. The van der Waals surface area contributed by atoms with Crippen molar-refractivity contribution in [3.63, 3.8) is 0 Å². The van der Waals surface area contributed by atoms with Crippen LogP contribution in [0.25, 0.3) is 0 Å². The summed E-state index contributed by atoms with van der Waals surface area (Å²) in [6, 6.07) is 2.30. The van der Waals surface area contributed by atoms with Crippen LogP contribution >= 0.6 is 11.6 Å². The van der Waals surface area contributed by atoms with Crippen molar-refractivity contribution in [1.29, 1.82) is 0 Å². The quantitative estimate of drug-likeness (QED) is 0.763. The third kappa shape index (κ3) is 1.74. The van der Waals surface area contributed by atoms with Gasteiger partial charge in [-0.2, -0.15) is 0 Å². The molecule has 1 unspecified atom stereocenters. The van der Waals surface area contributed by atoms with Crippen molar-refractivity contribution >= 4 is 23.5 Å². The van der Waals surface area contributed by atoms with E-state index in [1.807, 2.05) is 0 Å². The van der Waals surface area contributed by atoms with E-state index >= 15 is 0 Å². The monoisotopic (exact) mass is 244 g/mol. The number of benzene rings is 1. The van der Waals surface area contributed by atoms with Crippen LogP contribution in [0.4, 0.5) is 4.39 Å². The highest BCUT2D eigenvalue weighted by Crippen LogP contribution is 2.26. The summed E-state index contributed by atoms with van der Waals surface area (Å²) in [4.78, 5) is 22.1. The largest absolute Gasteiger partial charge is 0.478 e. The van der Waals surface area contributed by atoms with Crippen molar-refractivity contribution in [2.24, 2.45) is 0 Å². The molecule has 0 saturated heterocycles. The smallest absolute Gasteiger partial charge is 0.345 e. The molecule has 1 aliphatic heterocycles. The van der Waals surface area contributed by atoms with Gasteiger partial charge in [-0.05, 0) is 12.1 Å². The first-order valence-corrected chi connectivity index (χ1v) is 4.78. The number of carbonyl (C=O) groups is 2. The number of carbonyl (C=O) groups excluding carboxylic acids is 1. The molecular weight excluding hydrogens is 239 g/mol. The maximum absolute atomic E-state index is 13.5. The van der Waals surface area contributed by atoms with Gasteiger partial charge in [-0.25, -0.2) is 14.0 Å². The Kier molecular flexibility index (Phi) is 2.55. The lowest BCUT2D eigenvalue weighted by molar-refractivity contribution is -0.147. The molecule has 16 heavy (non-hydrogen) atoms. The third-order valence-electron chi connectivity index (χ3n) is 2.29. The lowest BCUT2D eigenvalue weighted by atomic mass is 9.98. The minimum atomic E-state index is -1.34. The van der Waals surface area contributed by atoms with Crippen LogP contribution in [0.5, 0.6) is 0 Å². The number of halogens is 2. The van der Waals surface area contributed by atoms with Gasteiger partial charge in [0.25, 0.3) is 0 Å². The number of cyclic esters (lactones) is 1. The summed E-state index contributed by atoms with van der Waals surface area (Å²) in [7, 11) is 0. The predicted octanol–water partition coefficient (Wildman–Crippen LogP) is 1.65. The highest BCUT2D eigenvalue weighted by Gasteiger charge is 2.33. The SMILES string of the molecule is O=C1OC(C(=O)O)Cc2c(F)cc(Cl)cc21. The summed E-state index contributed by atoms with van der Waals surface area (Å²) in [5, 5.41) is 8.77. The second-order valence-electron chi connectivity index (χ2n) is 3.35. The number of esters is 1. The van der Waals surface area contributed by atoms with Gasteiger partial charge in [-0.3, -0.25) is 0 Å². The lowest BCUT2D eigenvalue weighted by Gasteiger charge is -2.22. The molecule has 0 aliphatic carbocycles. The summed E-state index contributed by atoms with van der Waals surface area (Å²) in [6.45, 7) is 0. The highest BCUT2D eigenvalue weighted by atomic mass is 35.5. The van der Waals surface area contributed by atoms with E-state index in [0.29, 0.717) is 0 Å². The number of carboxylic acid groups (broad SMARTS) is 1. The Balaban J connectivity index is 2.50. The molecule has 1 aromatic carbocycles. The molecule has 0 fully saturated rings. The van der Waals surface area contributed by atoms with Gasteiger partial charge in [0.1, 0.15) is 5.82 Å². The number of hydrogen-bond acceptors (Lipinski definition) is 3. The van der Waals surface area contributed by atoms with E-state index in [2.05, 4.69) is 4.74 Å². The fourth-order valence-electron chi connectivity index (χ4n) is 1.55. The number of rotatable bonds is 1. The fraction of sp³-hybridized carbons (Fsp3) is 0.200. The summed E-state index contributed by atoms with van der Waals surface area (Å²) < 4.78 is 18.1. The summed E-state index contributed by atoms with van der Waals surface area (Å²) in [6.07, 6.45) is -1.52. The van der Waals surface area contributed by atoms with Crippen LogP contribution in [0, 0.1) is 5.82 Å². The standard InChI is InChI=1S/C10H6ClFO4/c11-4-1-6-5(7(12)2-4)3-8(9(13)14)16-10(6)15/h1-2,8H,3H2,(H,13,14). The molecule has 1 heterocycles. The molecule has 0 bridgehead atoms. The van der Waals surface area contributed by atoms with Crippen LogP contribution in [-0.2, 0) is 16.0 Å². The van der Waals surface area contributed by atoms with Crippen LogP contribution in [0.2, 0.25) is 5.02 Å². The number of fused-ring (bicyclic) bond motifs is 1. The summed E-state index contributed by atoms with van der Waals surface area (Å²) in [5.41, 5.74) is 0.0237. The van der Waals surface area contributed by atoms with Crippen LogP contribution < -0.4 is 0 Å². The zero-order valence-corrected chi connectivity index (χ0v) is 8.62. The minimum absolute atomic E-state index is 0.0116. The molecule has 6 heteroatoms. The van der Waals surface area contributed by atoms with Gasteiger partial charge in [-0.15, -0.1) is 0 Å². The van der Waals surface area contributed by atoms with E-state index in [9.17, 15) is 14.0 Å². The molecule has 1 aromatic rings. The maximum atomic E-state index is 13.5. The Bertz CT molecular complexity index is 486. The number of hydrogen-bond donors (Lipinski definition) is 1. The second-order valence-corrected chi connectivity index (χ2v) is 3.79. The fourth-order valence-corrected chi connectivity index (χ4v) is 1.76. The van der Waals surface area contributed by atoms with Crippen LogP contribution in [0.3, 0.4) is 0 Å². The Morgan fingerprint density at radius 3 is 2.88 bits per heavy atom. The van der Waals surface area contributed by atoms with Gasteiger partial charge in [0.05, 0.1) is 5.56 Å². The van der Waals surface area contributed by atoms with Gasteiger partial charge in [0.2, 0.25) is 6.10 Å². The molecule has 84 valence electrons. The lowest BCUT2D eigenvalue weighted by Crippen LogP contribution is -2.34. The molecule has 1 N–H and O–H groups in total. The zero-order valence-electron chi connectivity index (χ0n) is 7.87. The van der Waals surface area contributed by atoms with Crippen molar-refractivity contribution in [2.45, 2.75) is 12.5 Å². The van der Waals surface area contributed by atoms with Gasteiger partial charge in [0.15, 0.2) is 0 Å². The van der Waals surface area contributed by atoms with Crippen LogP contribution in [0.15, 0.2) is 12.1 Å². The molecule has 1 aliphatic rings. The third-order valence-corrected chi connectivity index (χ3v) is 2.51. The molecule has 0 radical (unpaired) electrons. The first kappa shape index (κ1) is 10.9. The Hall–Kier alpha value is -1.62. The van der Waals surface area contributed by atoms with Crippen molar-refractivity contribution in [3.05, 3.63) is 34.1 Å². The Morgan fingerprint density at radius 2 is 2.25 bits per heavy atom. The average Bonchev–Trinajstić information content (AvgIpc) is 2.19. The normalized spacial score (nSPS) is 18.9. The highest BCUT2D eigenvalue weighted by molar-refractivity contribution is 6.31. The van der Waals surface area contributed by atoms with E-state index in [1.165, 1.54) is 6.07 Å². The second kappa shape index (κ2) is 3.75. The Morgan fingerprint density at radius 1 is 1.56 bits per heavy atom. The van der Waals surface area contributed by atoms with E-state index in [-0.39, 0.29) is 22.6 Å². The Labute approximate surface area is 94.6 Å². The van der Waals surface area contributed by atoms with Gasteiger partial charge in [-0.1, -0.05) is 11.6 Å².